The Morgan fingerprint density at radius 2 is 1.76 bits per heavy atom. The van der Waals surface area contributed by atoms with Crippen LogP contribution in [0.3, 0.4) is 0 Å². The van der Waals surface area contributed by atoms with Gasteiger partial charge in [0, 0.05) is 63.0 Å². The summed E-state index contributed by atoms with van der Waals surface area (Å²) < 4.78 is 2.15. The van der Waals surface area contributed by atoms with Gasteiger partial charge in [-0.05, 0) is 54.8 Å². The van der Waals surface area contributed by atoms with E-state index in [-0.39, 0.29) is 30.7 Å². The summed E-state index contributed by atoms with van der Waals surface area (Å²) in [6, 6.07) is 15.6. The third-order valence-corrected chi connectivity index (χ3v) is 6.35. The number of imidazole rings is 1. The van der Waals surface area contributed by atoms with E-state index in [1.807, 2.05) is 66.8 Å². The Bertz CT molecular complexity index is 1280. The molecule has 4 rings (SSSR count). The predicted molar refractivity (Wildman–Crippen MR) is 151 cm³/mol. The molecule has 2 aromatic carbocycles. The molecule has 2 heterocycles. The summed E-state index contributed by atoms with van der Waals surface area (Å²) in [6.07, 6.45) is 5.70. The second-order valence-corrected chi connectivity index (χ2v) is 8.97. The number of carbonyl (C=O) groups is 1. The smallest absolute Gasteiger partial charge is 0.253 e. The summed E-state index contributed by atoms with van der Waals surface area (Å²) in [5.41, 5.74) is 5.73. The summed E-state index contributed by atoms with van der Waals surface area (Å²) in [6.45, 7) is 8.72. The van der Waals surface area contributed by atoms with Gasteiger partial charge in [0.05, 0.1) is 23.7 Å². The maximum Gasteiger partial charge on any atom is 0.253 e. The van der Waals surface area contributed by atoms with Crippen molar-refractivity contribution in [3.63, 3.8) is 0 Å². The lowest BCUT2D eigenvalue weighted by molar-refractivity contribution is 0.0625. The molecule has 0 radical (unpaired) electrons. The van der Waals surface area contributed by atoms with Crippen molar-refractivity contribution in [2.75, 3.05) is 26.2 Å². The van der Waals surface area contributed by atoms with Gasteiger partial charge in [0.2, 0.25) is 0 Å². The largest absolute Gasteiger partial charge is 0.336 e. The van der Waals surface area contributed by atoms with Crippen LogP contribution in [0.15, 0.2) is 55.0 Å². The SMILES string of the molecule is CCCC#Cc1ccc(C(=O)N2CCN(Cc3cncn3Cc3ccc(C#N)cc3)CC2)cc1C.Cl.Cl. The van der Waals surface area contributed by atoms with E-state index in [1.54, 1.807) is 0 Å². The molecule has 1 saturated heterocycles. The van der Waals surface area contributed by atoms with Gasteiger partial charge in [0.25, 0.3) is 5.91 Å². The first-order chi connectivity index (χ1) is 17.1. The van der Waals surface area contributed by atoms with Crippen molar-refractivity contribution >= 4 is 30.7 Å². The van der Waals surface area contributed by atoms with Crippen molar-refractivity contribution in [1.29, 1.82) is 5.26 Å². The van der Waals surface area contributed by atoms with Crippen molar-refractivity contribution in [2.45, 2.75) is 39.8 Å². The minimum atomic E-state index is 0. The summed E-state index contributed by atoms with van der Waals surface area (Å²) in [4.78, 5) is 21.8. The molecule has 1 aliphatic heterocycles. The molecule has 0 aliphatic carbocycles. The van der Waals surface area contributed by atoms with Crippen LogP contribution in [0.25, 0.3) is 0 Å². The van der Waals surface area contributed by atoms with Gasteiger partial charge >= 0.3 is 0 Å². The maximum absolute atomic E-state index is 13.1. The number of aryl methyl sites for hydroxylation is 1. The first-order valence-corrected chi connectivity index (χ1v) is 12.2. The number of carbonyl (C=O) groups excluding carboxylic acids is 1. The average Bonchev–Trinajstić information content (AvgIpc) is 3.31. The number of halogens is 2. The van der Waals surface area contributed by atoms with Crippen LogP contribution in [0, 0.1) is 30.1 Å². The fourth-order valence-electron chi connectivity index (χ4n) is 4.24. The minimum Gasteiger partial charge on any atom is -0.336 e. The van der Waals surface area contributed by atoms with E-state index >= 15 is 0 Å². The molecule has 1 amide bonds. The van der Waals surface area contributed by atoms with Crippen LogP contribution < -0.4 is 0 Å². The normalized spacial score (nSPS) is 12.9. The molecular formula is C29H33Cl2N5O. The quantitative estimate of drug-likeness (QED) is 0.412. The topological polar surface area (TPSA) is 65.2 Å². The predicted octanol–water partition coefficient (Wildman–Crippen LogP) is 5.06. The number of piperazine rings is 1. The molecule has 0 spiro atoms. The number of nitrogens with zero attached hydrogens (tertiary/aromatic N) is 5. The summed E-state index contributed by atoms with van der Waals surface area (Å²) >= 11 is 0. The van der Waals surface area contributed by atoms with Gasteiger partial charge < -0.3 is 9.47 Å². The minimum absolute atomic E-state index is 0. The first kappa shape index (κ1) is 29.9. The summed E-state index contributed by atoms with van der Waals surface area (Å²) in [7, 11) is 0. The monoisotopic (exact) mass is 537 g/mol. The van der Waals surface area contributed by atoms with Gasteiger partial charge in [-0.15, -0.1) is 24.8 Å². The zero-order valence-corrected chi connectivity index (χ0v) is 22.9. The van der Waals surface area contributed by atoms with Crippen LogP contribution in [0.4, 0.5) is 0 Å². The van der Waals surface area contributed by atoms with Crippen molar-refractivity contribution < 1.29 is 4.79 Å². The van der Waals surface area contributed by atoms with Gasteiger partial charge in [-0.1, -0.05) is 30.9 Å². The van der Waals surface area contributed by atoms with Crippen molar-refractivity contribution in [2.24, 2.45) is 0 Å². The highest BCUT2D eigenvalue weighted by Crippen LogP contribution is 2.16. The molecule has 0 saturated carbocycles. The molecule has 0 unspecified atom stereocenters. The van der Waals surface area contributed by atoms with Crippen LogP contribution in [-0.4, -0.2) is 51.4 Å². The van der Waals surface area contributed by atoms with Gasteiger partial charge in [0.15, 0.2) is 0 Å². The highest BCUT2D eigenvalue weighted by atomic mass is 35.5. The molecule has 8 heteroatoms. The third kappa shape index (κ3) is 7.84. The molecule has 1 fully saturated rings. The number of hydrogen-bond acceptors (Lipinski definition) is 4. The van der Waals surface area contributed by atoms with Crippen molar-refractivity contribution in [3.8, 4) is 17.9 Å². The van der Waals surface area contributed by atoms with E-state index in [0.29, 0.717) is 18.7 Å². The van der Waals surface area contributed by atoms with Gasteiger partial charge in [0.1, 0.15) is 0 Å². The fourth-order valence-corrected chi connectivity index (χ4v) is 4.24. The lowest BCUT2D eigenvalue weighted by Gasteiger charge is -2.34. The highest BCUT2D eigenvalue weighted by molar-refractivity contribution is 5.94. The standard InChI is InChI=1S/C29H31N5O.2ClH/c1-3-4-5-6-26-11-12-27(17-23(26)2)29(35)33-15-13-32(14-16-33)21-28-19-31-22-34(28)20-25-9-7-24(18-30)8-10-25;;/h7-12,17,19,22H,3-4,13-16,20-21H2,1-2H3;2*1H. The van der Waals surface area contributed by atoms with E-state index in [1.165, 1.54) is 0 Å². The van der Waals surface area contributed by atoms with E-state index in [4.69, 9.17) is 5.26 Å². The van der Waals surface area contributed by atoms with Crippen LogP contribution in [-0.2, 0) is 13.1 Å². The molecule has 6 nitrogen and oxygen atoms in total. The van der Waals surface area contributed by atoms with Gasteiger partial charge in [-0.25, -0.2) is 4.98 Å². The lowest BCUT2D eigenvalue weighted by atomic mass is 10.0. The number of unbranched alkanes of at least 4 members (excludes halogenated alkanes) is 1. The van der Waals surface area contributed by atoms with E-state index < -0.39 is 0 Å². The zero-order valence-electron chi connectivity index (χ0n) is 21.3. The molecule has 1 aromatic heterocycles. The Kier molecular flexibility index (Phi) is 11.7. The van der Waals surface area contributed by atoms with Crippen LogP contribution in [0.1, 0.15) is 58.1 Å². The van der Waals surface area contributed by atoms with E-state index in [9.17, 15) is 4.79 Å². The molecule has 0 bridgehead atoms. The molecule has 0 atom stereocenters. The van der Waals surface area contributed by atoms with E-state index in [0.717, 1.165) is 67.0 Å². The summed E-state index contributed by atoms with van der Waals surface area (Å²) in [5.74, 6) is 6.48. The van der Waals surface area contributed by atoms with E-state index in [2.05, 4.69) is 39.3 Å². The Morgan fingerprint density at radius 3 is 2.41 bits per heavy atom. The number of nitriles is 1. The van der Waals surface area contributed by atoms with Crippen molar-refractivity contribution in [3.05, 3.63) is 88.5 Å². The van der Waals surface area contributed by atoms with Gasteiger partial charge in [-0.2, -0.15) is 5.26 Å². The Balaban J connectivity index is 0.00000241. The number of hydrogen-bond donors (Lipinski definition) is 0. The number of amides is 1. The Labute approximate surface area is 232 Å². The maximum atomic E-state index is 13.1. The zero-order chi connectivity index (χ0) is 24.6. The lowest BCUT2D eigenvalue weighted by Crippen LogP contribution is -2.48. The number of rotatable bonds is 6. The molecule has 3 aromatic rings. The molecule has 0 N–H and O–H groups in total. The summed E-state index contributed by atoms with van der Waals surface area (Å²) in [5, 5.41) is 8.99. The van der Waals surface area contributed by atoms with Crippen LogP contribution >= 0.6 is 24.8 Å². The molecule has 37 heavy (non-hydrogen) atoms. The number of aromatic nitrogens is 2. The second kappa shape index (κ2) is 14.4. The Hall–Kier alpha value is -3.29. The second-order valence-electron chi connectivity index (χ2n) is 8.97. The van der Waals surface area contributed by atoms with Crippen LogP contribution in [0.2, 0.25) is 0 Å². The van der Waals surface area contributed by atoms with Crippen LogP contribution in [0.5, 0.6) is 0 Å². The molecule has 1 aliphatic rings. The molecular weight excluding hydrogens is 505 g/mol. The highest BCUT2D eigenvalue weighted by Gasteiger charge is 2.23. The fraction of sp³-hybridized carbons (Fsp3) is 0.345. The molecule has 194 valence electrons. The first-order valence-electron chi connectivity index (χ1n) is 12.2. The Morgan fingerprint density at radius 1 is 1.03 bits per heavy atom. The van der Waals surface area contributed by atoms with Crippen molar-refractivity contribution in [1.82, 2.24) is 19.4 Å². The van der Waals surface area contributed by atoms with Gasteiger partial charge in [-0.3, -0.25) is 9.69 Å². The third-order valence-electron chi connectivity index (χ3n) is 6.35. The number of benzene rings is 2. The average molecular weight is 539 g/mol.